The molecule has 0 spiro atoms. The van der Waals surface area contributed by atoms with Gasteiger partial charge in [0.05, 0.1) is 0 Å². The Kier molecular flexibility index (Phi) is 6.45. The number of aromatic nitrogens is 4. The summed E-state index contributed by atoms with van der Waals surface area (Å²) in [5, 5.41) is 15.6. The van der Waals surface area contributed by atoms with Crippen molar-refractivity contribution in [2.75, 3.05) is 18.4 Å². The van der Waals surface area contributed by atoms with E-state index in [9.17, 15) is 13.2 Å². The largest absolute Gasteiger partial charge is 0.360 e. The second kappa shape index (κ2) is 9.54. The van der Waals surface area contributed by atoms with Gasteiger partial charge in [-0.15, -0.1) is 10.2 Å². The van der Waals surface area contributed by atoms with Crippen LogP contribution in [0.4, 0.5) is 5.69 Å². The lowest BCUT2D eigenvalue weighted by Crippen LogP contribution is -2.41. The van der Waals surface area contributed by atoms with Crippen molar-refractivity contribution < 1.29 is 17.7 Å². The van der Waals surface area contributed by atoms with E-state index in [4.69, 9.17) is 4.52 Å². The molecule has 186 valence electrons. The molecule has 1 amide bonds. The van der Waals surface area contributed by atoms with Gasteiger partial charge in [-0.3, -0.25) is 4.79 Å². The Morgan fingerprint density at radius 2 is 1.89 bits per heavy atom. The lowest BCUT2D eigenvalue weighted by atomic mass is 9.97. The third-order valence-corrected chi connectivity index (χ3v) is 9.03. The zero-order valence-corrected chi connectivity index (χ0v) is 20.8. The normalized spacial score (nSPS) is 17.7. The molecule has 0 atom stereocenters. The quantitative estimate of drug-likeness (QED) is 0.572. The molecule has 2 aromatic heterocycles. The maximum atomic E-state index is 13.0. The van der Waals surface area contributed by atoms with Gasteiger partial charge >= 0.3 is 0 Å². The van der Waals surface area contributed by atoms with Crippen molar-refractivity contribution in [3.05, 3.63) is 41.5 Å². The van der Waals surface area contributed by atoms with Gasteiger partial charge < -0.3 is 14.4 Å². The minimum atomic E-state index is -3.70. The fraction of sp³-hybridized carbons (Fsp3) is 0.500. The van der Waals surface area contributed by atoms with E-state index < -0.39 is 10.0 Å². The highest BCUT2D eigenvalue weighted by Gasteiger charge is 2.35. The summed E-state index contributed by atoms with van der Waals surface area (Å²) in [4.78, 5) is 13.1. The number of carbonyl (C=O) groups excluding carboxylic acids is 1. The second-order valence-corrected chi connectivity index (χ2v) is 11.2. The Bertz CT molecular complexity index is 1320. The van der Waals surface area contributed by atoms with Crippen LogP contribution >= 0.6 is 0 Å². The molecule has 2 aliphatic heterocycles. The molecular weight excluding hydrogens is 468 g/mol. The minimum absolute atomic E-state index is 0.100. The topological polar surface area (TPSA) is 123 Å². The second-order valence-electron chi connectivity index (χ2n) is 9.30. The first kappa shape index (κ1) is 23.7. The Morgan fingerprint density at radius 3 is 2.63 bits per heavy atom. The molecule has 1 fully saturated rings. The fourth-order valence-corrected chi connectivity index (χ4v) is 6.77. The number of aryl methyl sites for hydroxylation is 3. The molecule has 3 aromatic rings. The van der Waals surface area contributed by atoms with E-state index in [1.54, 1.807) is 13.8 Å². The van der Waals surface area contributed by atoms with Crippen molar-refractivity contribution in [2.24, 2.45) is 5.92 Å². The highest BCUT2D eigenvalue weighted by atomic mass is 32.2. The van der Waals surface area contributed by atoms with Gasteiger partial charge in [0.1, 0.15) is 16.4 Å². The van der Waals surface area contributed by atoms with E-state index in [0.29, 0.717) is 24.2 Å². The monoisotopic (exact) mass is 498 g/mol. The van der Waals surface area contributed by atoms with Gasteiger partial charge in [0.25, 0.3) is 0 Å². The Morgan fingerprint density at radius 1 is 1.09 bits per heavy atom. The number of sulfonamides is 1. The number of benzene rings is 1. The lowest BCUT2D eigenvalue weighted by Gasteiger charge is -2.30. The van der Waals surface area contributed by atoms with Crippen LogP contribution in [0.2, 0.25) is 0 Å². The zero-order valence-electron chi connectivity index (χ0n) is 20.0. The molecule has 4 heterocycles. The van der Waals surface area contributed by atoms with E-state index in [0.717, 1.165) is 43.0 Å². The molecule has 0 aliphatic carbocycles. The van der Waals surface area contributed by atoms with Gasteiger partial charge in [-0.1, -0.05) is 23.7 Å². The summed E-state index contributed by atoms with van der Waals surface area (Å²) in [6, 6.07) is 7.67. The molecule has 11 heteroatoms. The number of hydrogen-bond donors (Lipinski definition) is 1. The highest BCUT2D eigenvalue weighted by Crippen LogP contribution is 2.29. The molecule has 0 radical (unpaired) electrons. The van der Waals surface area contributed by atoms with Crippen LogP contribution in [0.5, 0.6) is 0 Å². The maximum absolute atomic E-state index is 13.0. The number of rotatable bonds is 5. The van der Waals surface area contributed by atoms with Crippen LogP contribution in [0.1, 0.15) is 49.4 Å². The first-order valence-corrected chi connectivity index (χ1v) is 13.5. The number of carbonyl (C=O) groups is 1. The van der Waals surface area contributed by atoms with Crippen molar-refractivity contribution in [2.45, 2.75) is 63.8 Å². The molecule has 1 N–H and O–H groups in total. The van der Waals surface area contributed by atoms with Crippen molar-refractivity contribution >= 4 is 21.6 Å². The number of piperidine rings is 1. The number of nitrogens with one attached hydrogen (secondary N) is 1. The van der Waals surface area contributed by atoms with Crippen molar-refractivity contribution in [1.82, 2.24) is 24.2 Å². The summed E-state index contributed by atoms with van der Waals surface area (Å²) in [5.41, 5.74) is 1.97. The SMILES string of the molecule is Cc1noc(C)c1S(=O)(=O)N1CCC(C(=O)Nc2cccc(-c3nnc4n3CCCCC4)c2)CC1. The van der Waals surface area contributed by atoms with E-state index in [-0.39, 0.29) is 35.6 Å². The lowest BCUT2D eigenvalue weighted by molar-refractivity contribution is -0.120. The molecule has 2 aliphatic rings. The van der Waals surface area contributed by atoms with Gasteiger partial charge in [0.15, 0.2) is 11.6 Å². The predicted molar refractivity (Wildman–Crippen MR) is 129 cm³/mol. The van der Waals surface area contributed by atoms with E-state index in [1.165, 1.54) is 10.7 Å². The number of anilines is 1. The van der Waals surface area contributed by atoms with Crippen LogP contribution in [0.25, 0.3) is 11.4 Å². The molecule has 1 aromatic carbocycles. The summed E-state index contributed by atoms with van der Waals surface area (Å²) in [5.74, 6) is 1.77. The van der Waals surface area contributed by atoms with Crippen LogP contribution in [-0.2, 0) is 27.8 Å². The molecular formula is C24H30N6O4S. The first-order chi connectivity index (χ1) is 16.8. The highest BCUT2D eigenvalue weighted by molar-refractivity contribution is 7.89. The molecule has 0 bridgehead atoms. The standard InChI is InChI=1S/C24H30N6O4S/c1-16-22(17(2)34-28-16)35(32,33)29-13-10-18(11-14-29)24(31)25-20-8-6-7-19(15-20)23-27-26-21-9-4-3-5-12-30(21)23/h6-8,15,18H,3-5,9-14H2,1-2H3,(H,25,31). The first-order valence-electron chi connectivity index (χ1n) is 12.1. The van der Waals surface area contributed by atoms with Crippen LogP contribution in [0.15, 0.2) is 33.7 Å². The van der Waals surface area contributed by atoms with Gasteiger partial charge in [-0.05, 0) is 51.7 Å². The predicted octanol–water partition coefficient (Wildman–Crippen LogP) is 3.32. The summed E-state index contributed by atoms with van der Waals surface area (Å²) in [6.07, 6.45) is 5.27. The number of nitrogens with zero attached hydrogens (tertiary/aromatic N) is 5. The maximum Gasteiger partial charge on any atom is 0.248 e. The van der Waals surface area contributed by atoms with Gasteiger partial charge in [-0.25, -0.2) is 8.42 Å². The summed E-state index contributed by atoms with van der Waals surface area (Å²) >= 11 is 0. The van der Waals surface area contributed by atoms with Gasteiger partial charge in [0, 0.05) is 43.2 Å². The zero-order chi connectivity index (χ0) is 24.6. The van der Waals surface area contributed by atoms with E-state index >= 15 is 0 Å². The molecule has 10 nitrogen and oxygen atoms in total. The fourth-order valence-electron chi connectivity index (χ4n) is 5.01. The van der Waals surface area contributed by atoms with Crippen LogP contribution in [0, 0.1) is 19.8 Å². The molecule has 0 unspecified atom stereocenters. The Labute approximate surface area is 204 Å². The molecule has 35 heavy (non-hydrogen) atoms. The average Bonchev–Trinajstić information content (AvgIpc) is 3.32. The van der Waals surface area contributed by atoms with Crippen LogP contribution < -0.4 is 5.32 Å². The minimum Gasteiger partial charge on any atom is -0.360 e. The van der Waals surface area contributed by atoms with Crippen molar-refractivity contribution in [3.63, 3.8) is 0 Å². The van der Waals surface area contributed by atoms with Crippen molar-refractivity contribution in [1.29, 1.82) is 0 Å². The van der Waals surface area contributed by atoms with Crippen molar-refractivity contribution in [3.8, 4) is 11.4 Å². The number of hydrogen-bond acceptors (Lipinski definition) is 7. The number of amides is 1. The van der Waals surface area contributed by atoms with Gasteiger partial charge in [-0.2, -0.15) is 4.31 Å². The number of fused-ring (bicyclic) bond motifs is 1. The van der Waals surface area contributed by atoms with E-state index in [2.05, 4.69) is 25.2 Å². The Balaban J connectivity index is 1.24. The molecule has 0 saturated carbocycles. The van der Waals surface area contributed by atoms with Crippen LogP contribution in [0.3, 0.4) is 0 Å². The van der Waals surface area contributed by atoms with E-state index in [1.807, 2.05) is 24.3 Å². The average molecular weight is 499 g/mol. The summed E-state index contributed by atoms with van der Waals surface area (Å²) < 4.78 is 34.7. The molecule has 5 rings (SSSR count). The molecule has 1 saturated heterocycles. The van der Waals surface area contributed by atoms with Crippen LogP contribution in [-0.4, -0.2) is 51.6 Å². The third kappa shape index (κ3) is 4.62. The Hall–Kier alpha value is -3.05. The summed E-state index contributed by atoms with van der Waals surface area (Å²) in [7, 11) is -3.70. The summed E-state index contributed by atoms with van der Waals surface area (Å²) in [6.45, 7) is 4.67. The smallest absolute Gasteiger partial charge is 0.248 e. The third-order valence-electron chi connectivity index (χ3n) is 6.89. The van der Waals surface area contributed by atoms with Gasteiger partial charge in [0.2, 0.25) is 15.9 Å².